The Bertz CT molecular complexity index is 871. The van der Waals surface area contributed by atoms with Crippen molar-refractivity contribution in [1.29, 1.82) is 0 Å². The van der Waals surface area contributed by atoms with E-state index in [1.165, 1.54) is 23.1 Å². The quantitative estimate of drug-likeness (QED) is 0.527. The highest BCUT2D eigenvalue weighted by atomic mass is 32.2. The zero-order valence-corrected chi connectivity index (χ0v) is 16.5. The zero-order chi connectivity index (χ0) is 18.9. The highest BCUT2D eigenvalue weighted by Gasteiger charge is 2.10. The molecule has 3 aromatic rings. The number of nitrogens with zero attached hydrogens (tertiary/aromatic N) is 2. The van der Waals surface area contributed by atoms with Crippen LogP contribution >= 0.6 is 23.1 Å². The predicted octanol–water partition coefficient (Wildman–Crippen LogP) is 4.09. The summed E-state index contributed by atoms with van der Waals surface area (Å²) in [4.78, 5) is 12.0. The van der Waals surface area contributed by atoms with Crippen molar-refractivity contribution in [2.24, 2.45) is 0 Å². The lowest BCUT2D eigenvalue weighted by Crippen LogP contribution is -2.24. The van der Waals surface area contributed by atoms with E-state index in [1.54, 1.807) is 0 Å². The van der Waals surface area contributed by atoms with Crippen molar-refractivity contribution in [2.75, 3.05) is 17.7 Å². The molecule has 0 aliphatic carbocycles. The van der Waals surface area contributed by atoms with E-state index in [1.807, 2.05) is 61.5 Å². The summed E-state index contributed by atoms with van der Waals surface area (Å²) in [5.74, 6) is 1.04. The molecule has 1 amide bonds. The first-order valence-electron chi connectivity index (χ1n) is 8.50. The number of ether oxygens (including phenoxy) is 1. The largest absolute Gasteiger partial charge is 0.492 e. The van der Waals surface area contributed by atoms with Gasteiger partial charge in [0.25, 0.3) is 0 Å². The van der Waals surface area contributed by atoms with Gasteiger partial charge in [-0.15, -0.1) is 10.2 Å². The molecule has 0 unspecified atom stereocenters. The number of carbonyl (C=O) groups excluding carboxylic acids is 1. The van der Waals surface area contributed by atoms with E-state index in [4.69, 9.17) is 4.74 Å². The summed E-state index contributed by atoms with van der Waals surface area (Å²) in [6, 6.07) is 17.5. The Morgan fingerprint density at radius 1 is 1.11 bits per heavy atom. The van der Waals surface area contributed by atoms with Crippen LogP contribution in [-0.4, -0.2) is 28.5 Å². The maximum Gasteiger partial charge on any atom is 0.230 e. The van der Waals surface area contributed by atoms with Crippen LogP contribution in [0, 0.1) is 0 Å². The average molecular weight is 401 g/mol. The first-order valence-corrected chi connectivity index (χ1v) is 10.3. The van der Waals surface area contributed by atoms with E-state index in [9.17, 15) is 4.79 Å². The molecule has 0 saturated heterocycles. The summed E-state index contributed by atoms with van der Waals surface area (Å²) in [7, 11) is 0. The summed E-state index contributed by atoms with van der Waals surface area (Å²) in [6.07, 6.45) is 0. The van der Waals surface area contributed by atoms with Crippen molar-refractivity contribution < 1.29 is 9.53 Å². The number of nitrogens with one attached hydrogen (secondary N) is 2. The number of aromatic nitrogens is 2. The lowest BCUT2D eigenvalue weighted by atomic mass is 10.2. The van der Waals surface area contributed by atoms with Crippen LogP contribution in [0.5, 0.6) is 5.75 Å². The van der Waals surface area contributed by atoms with Crippen LogP contribution in [0.25, 0.3) is 0 Å². The molecular formula is C19H20N4O2S2. The van der Waals surface area contributed by atoms with Gasteiger partial charge in [0.05, 0.1) is 18.0 Å². The van der Waals surface area contributed by atoms with Gasteiger partial charge in [-0.2, -0.15) is 0 Å². The molecule has 0 aliphatic rings. The monoisotopic (exact) mass is 400 g/mol. The predicted molar refractivity (Wildman–Crippen MR) is 110 cm³/mol. The van der Waals surface area contributed by atoms with E-state index in [0.717, 1.165) is 21.3 Å². The molecule has 1 heterocycles. The van der Waals surface area contributed by atoms with Gasteiger partial charge >= 0.3 is 0 Å². The van der Waals surface area contributed by atoms with Gasteiger partial charge in [0.15, 0.2) is 4.34 Å². The van der Waals surface area contributed by atoms with Gasteiger partial charge < -0.3 is 15.4 Å². The molecule has 6 nitrogen and oxygen atoms in total. The molecular weight excluding hydrogens is 380 g/mol. The van der Waals surface area contributed by atoms with Crippen molar-refractivity contribution in [2.45, 2.75) is 17.8 Å². The van der Waals surface area contributed by atoms with E-state index in [-0.39, 0.29) is 5.91 Å². The second-order valence-electron chi connectivity index (χ2n) is 5.48. The molecule has 2 aromatic carbocycles. The number of hydrogen-bond donors (Lipinski definition) is 2. The lowest BCUT2D eigenvalue weighted by Gasteiger charge is -2.09. The molecule has 8 heteroatoms. The Hall–Kier alpha value is -2.58. The van der Waals surface area contributed by atoms with Crippen molar-refractivity contribution in [1.82, 2.24) is 15.5 Å². The summed E-state index contributed by atoms with van der Waals surface area (Å²) < 4.78 is 6.33. The molecule has 0 aliphatic heterocycles. The molecule has 0 spiro atoms. The molecule has 140 valence electrons. The Morgan fingerprint density at radius 3 is 2.70 bits per heavy atom. The maximum atomic E-state index is 12.0. The molecule has 2 N–H and O–H groups in total. The second kappa shape index (κ2) is 9.94. The number of anilines is 2. The highest BCUT2D eigenvalue weighted by Crippen LogP contribution is 2.31. The third-order valence-electron chi connectivity index (χ3n) is 3.49. The Labute approximate surface area is 166 Å². The van der Waals surface area contributed by atoms with Gasteiger partial charge in [0.1, 0.15) is 5.75 Å². The van der Waals surface area contributed by atoms with Crippen LogP contribution in [0.4, 0.5) is 10.8 Å². The number of thioether (sulfide) groups is 1. The third-order valence-corrected chi connectivity index (χ3v) is 5.47. The Balaban J connectivity index is 1.49. The van der Waals surface area contributed by atoms with Gasteiger partial charge in [-0.05, 0) is 24.6 Å². The summed E-state index contributed by atoms with van der Waals surface area (Å²) in [6.45, 7) is 3.06. The minimum Gasteiger partial charge on any atom is -0.492 e. The van der Waals surface area contributed by atoms with Gasteiger partial charge in [0, 0.05) is 6.54 Å². The zero-order valence-electron chi connectivity index (χ0n) is 14.8. The number of benzene rings is 2. The normalized spacial score (nSPS) is 10.4. The van der Waals surface area contributed by atoms with Crippen LogP contribution in [0.15, 0.2) is 58.9 Å². The molecule has 3 rings (SSSR count). The van der Waals surface area contributed by atoms with Gasteiger partial charge in [-0.25, -0.2) is 0 Å². The molecule has 0 saturated carbocycles. The second-order valence-corrected chi connectivity index (χ2v) is 7.68. The van der Waals surface area contributed by atoms with Crippen molar-refractivity contribution in [3.63, 3.8) is 0 Å². The van der Waals surface area contributed by atoms with Crippen molar-refractivity contribution in [3.05, 3.63) is 60.2 Å². The summed E-state index contributed by atoms with van der Waals surface area (Å²) >= 11 is 2.78. The summed E-state index contributed by atoms with van der Waals surface area (Å²) in [5, 5.41) is 15.0. The lowest BCUT2D eigenvalue weighted by molar-refractivity contribution is -0.118. The Kier molecular flexibility index (Phi) is 7.06. The van der Waals surface area contributed by atoms with Crippen LogP contribution in [0.1, 0.15) is 12.5 Å². The smallest absolute Gasteiger partial charge is 0.230 e. The summed E-state index contributed by atoms with van der Waals surface area (Å²) in [5.41, 5.74) is 1.92. The fourth-order valence-electron chi connectivity index (χ4n) is 2.26. The van der Waals surface area contributed by atoms with Crippen LogP contribution in [0.2, 0.25) is 0 Å². The highest BCUT2D eigenvalue weighted by molar-refractivity contribution is 8.01. The van der Waals surface area contributed by atoms with E-state index >= 15 is 0 Å². The van der Waals surface area contributed by atoms with Crippen molar-refractivity contribution >= 4 is 39.8 Å². The molecule has 0 bridgehead atoms. The third kappa shape index (κ3) is 5.97. The van der Waals surface area contributed by atoms with E-state index in [2.05, 4.69) is 20.8 Å². The van der Waals surface area contributed by atoms with Crippen molar-refractivity contribution in [3.8, 4) is 5.75 Å². The average Bonchev–Trinajstić information content (AvgIpc) is 3.15. The molecule has 0 radical (unpaired) electrons. The minimum atomic E-state index is -0.0322. The number of amides is 1. The topological polar surface area (TPSA) is 76.1 Å². The number of hydrogen-bond acceptors (Lipinski definition) is 7. The first-order chi connectivity index (χ1) is 13.2. The molecule has 1 aromatic heterocycles. The van der Waals surface area contributed by atoms with Gasteiger partial charge in [-0.1, -0.05) is 65.6 Å². The van der Waals surface area contributed by atoms with Crippen LogP contribution < -0.4 is 15.4 Å². The fourth-order valence-corrected chi connectivity index (χ4v) is 3.85. The van der Waals surface area contributed by atoms with Crippen LogP contribution in [-0.2, 0) is 11.3 Å². The fraction of sp³-hybridized carbons (Fsp3) is 0.211. The number of carbonyl (C=O) groups is 1. The minimum absolute atomic E-state index is 0.0322. The number of para-hydroxylation sites is 2. The molecule has 0 fully saturated rings. The SMILES string of the molecule is CCOc1ccccc1Nc1nnc(SCC(=O)NCc2ccccc2)s1. The van der Waals surface area contributed by atoms with Gasteiger partial charge in [-0.3, -0.25) is 4.79 Å². The maximum absolute atomic E-state index is 12.0. The molecule has 0 atom stereocenters. The Morgan fingerprint density at radius 2 is 1.89 bits per heavy atom. The van der Waals surface area contributed by atoms with E-state index in [0.29, 0.717) is 24.0 Å². The van der Waals surface area contributed by atoms with Gasteiger partial charge in [0.2, 0.25) is 11.0 Å². The standard InChI is InChI=1S/C19H20N4O2S2/c1-2-25-16-11-7-6-10-15(16)21-18-22-23-19(27-18)26-13-17(24)20-12-14-8-4-3-5-9-14/h3-11H,2,12-13H2,1H3,(H,20,24)(H,21,22). The number of rotatable bonds is 9. The molecule has 27 heavy (non-hydrogen) atoms. The van der Waals surface area contributed by atoms with E-state index < -0.39 is 0 Å². The first kappa shape index (κ1) is 19.2. The van der Waals surface area contributed by atoms with Crippen LogP contribution in [0.3, 0.4) is 0 Å².